The van der Waals surface area contributed by atoms with Crippen LogP contribution in [0.15, 0.2) is 16.6 Å². The summed E-state index contributed by atoms with van der Waals surface area (Å²) in [4.78, 5) is 3.53. The highest BCUT2D eigenvalue weighted by atomic mass is 79.9. The summed E-state index contributed by atoms with van der Waals surface area (Å²) >= 11 is 8.57. The van der Waals surface area contributed by atoms with Gasteiger partial charge in [0.1, 0.15) is 5.15 Å². The Labute approximate surface area is 80.6 Å². The van der Waals surface area contributed by atoms with Crippen molar-refractivity contribution in [2.45, 2.75) is 6.61 Å². The van der Waals surface area contributed by atoms with Crippen molar-refractivity contribution in [3.63, 3.8) is 0 Å². The van der Waals surface area contributed by atoms with Crippen molar-refractivity contribution in [3.8, 4) is 5.88 Å². The fourth-order valence-corrected chi connectivity index (χ4v) is 0.925. The lowest BCUT2D eigenvalue weighted by Crippen LogP contribution is -2.03. The minimum atomic E-state index is -2.88. The molecule has 0 bridgehead atoms. The second kappa shape index (κ2) is 4.00. The number of rotatable bonds is 2. The predicted octanol–water partition coefficient (Wildman–Crippen LogP) is 3.10. The molecule has 1 heterocycles. The first kappa shape index (κ1) is 9.67. The first-order chi connectivity index (χ1) is 5.59. The van der Waals surface area contributed by atoms with E-state index in [9.17, 15) is 8.78 Å². The van der Waals surface area contributed by atoms with Crippen LogP contribution in [0.3, 0.4) is 0 Å². The van der Waals surface area contributed by atoms with Gasteiger partial charge in [-0.1, -0.05) is 11.6 Å². The third-order valence-electron chi connectivity index (χ3n) is 0.987. The second-order valence-corrected chi connectivity index (χ2v) is 3.01. The molecule has 0 saturated carbocycles. The fraction of sp³-hybridized carbons (Fsp3) is 0.167. The molecule has 0 unspecified atom stereocenters. The lowest BCUT2D eigenvalue weighted by Gasteiger charge is -2.03. The maximum Gasteiger partial charge on any atom is 0.388 e. The van der Waals surface area contributed by atoms with Gasteiger partial charge >= 0.3 is 6.61 Å². The van der Waals surface area contributed by atoms with E-state index in [1.54, 1.807) is 0 Å². The lowest BCUT2D eigenvalue weighted by molar-refractivity contribution is -0.0528. The van der Waals surface area contributed by atoms with Crippen LogP contribution < -0.4 is 4.74 Å². The zero-order chi connectivity index (χ0) is 9.14. The van der Waals surface area contributed by atoms with Gasteiger partial charge in [0, 0.05) is 6.07 Å². The van der Waals surface area contributed by atoms with Gasteiger partial charge in [0.05, 0.1) is 4.47 Å². The molecule has 1 rings (SSSR count). The Balaban J connectivity index is 2.82. The molecule has 0 atom stereocenters. The van der Waals surface area contributed by atoms with Crippen molar-refractivity contribution in [3.05, 3.63) is 21.8 Å². The molecule has 0 amide bonds. The average molecular weight is 258 g/mol. The Morgan fingerprint density at radius 3 is 2.67 bits per heavy atom. The number of hydrogen-bond donors (Lipinski definition) is 0. The van der Waals surface area contributed by atoms with Gasteiger partial charge in [-0.2, -0.15) is 8.78 Å². The summed E-state index contributed by atoms with van der Waals surface area (Å²) in [6.45, 7) is -2.88. The third-order valence-corrected chi connectivity index (χ3v) is 2.14. The monoisotopic (exact) mass is 257 g/mol. The highest BCUT2D eigenvalue weighted by Gasteiger charge is 2.06. The van der Waals surface area contributed by atoms with Crippen molar-refractivity contribution in [2.75, 3.05) is 0 Å². The Morgan fingerprint density at radius 1 is 1.50 bits per heavy atom. The van der Waals surface area contributed by atoms with Gasteiger partial charge in [-0.3, -0.25) is 0 Å². The third kappa shape index (κ3) is 2.57. The van der Waals surface area contributed by atoms with E-state index in [0.717, 1.165) is 0 Å². The van der Waals surface area contributed by atoms with Crippen LogP contribution >= 0.6 is 27.5 Å². The van der Waals surface area contributed by atoms with Crippen molar-refractivity contribution in [1.82, 2.24) is 4.98 Å². The van der Waals surface area contributed by atoms with E-state index >= 15 is 0 Å². The Bertz CT molecular complexity index is 284. The molecule has 6 heteroatoms. The van der Waals surface area contributed by atoms with Gasteiger partial charge in [-0.05, 0) is 22.0 Å². The SMILES string of the molecule is FC(F)Oc1ccc(Br)c(Cl)n1. The van der Waals surface area contributed by atoms with Gasteiger partial charge in [0.25, 0.3) is 0 Å². The minimum Gasteiger partial charge on any atom is -0.417 e. The summed E-state index contributed by atoms with van der Waals surface area (Å²) in [6, 6.07) is 2.77. The van der Waals surface area contributed by atoms with Gasteiger partial charge in [-0.15, -0.1) is 0 Å². The molecule has 0 aliphatic heterocycles. The Hall–Kier alpha value is -0.420. The molecule has 0 fully saturated rings. The van der Waals surface area contributed by atoms with E-state index in [-0.39, 0.29) is 11.0 Å². The summed E-state index contributed by atoms with van der Waals surface area (Å²) < 4.78 is 27.8. The van der Waals surface area contributed by atoms with E-state index < -0.39 is 6.61 Å². The molecule has 12 heavy (non-hydrogen) atoms. The van der Waals surface area contributed by atoms with Gasteiger partial charge in [-0.25, -0.2) is 4.98 Å². The molecule has 0 aliphatic carbocycles. The van der Waals surface area contributed by atoms with Crippen LogP contribution in [0.25, 0.3) is 0 Å². The smallest absolute Gasteiger partial charge is 0.388 e. The van der Waals surface area contributed by atoms with Gasteiger partial charge in [0.15, 0.2) is 0 Å². The molecular formula is C6H3BrClF2NO. The quantitative estimate of drug-likeness (QED) is 0.761. The van der Waals surface area contributed by atoms with Crippen LogP contribution in [0.1, 0.15) is 0 Å². The Morgan fingerprint density at radius 2 is 2.17 bits per heavy atom. The normalized spacial score (nSPS) is 10.4. The maximum atomic E-state index is 11.6. The number of halogens is 4. The number of nitrogens with zero attached hydrogens (tertiary/aromatic N) is 1. The largest absolute Gasteiger partial charge is 0.417 e. The molecule has 0 spiro atoms. The highest BCUT2D eigenvalue weighted by molar-refractivity contribution is 9.10. The van der Waals surface area contributed by atoms with E-state index in [1.165, 1.54) is 12.1 Å². The molecule has 0 N–H and O–H groups in total. The van der Waals surface area contributed by atoms with Crippen molar-refractivity contribution in [2.24, 2.45) is 0 Å². The topological polar surface area (TPSA) is 22.1 Å². The molecular weight excluding hydrogens is 255 g/mol. The van der Waals surface area contributed by atoms with Crippen LogP contribution in [-0.4, -0.2) is 11.6 Å². The summed E-state index contributed by atoms with van der Waals surface area (Å²) in [5.41, 5.74) is 0. The number of hydrogen-bond acceptors (Lipinski definition) is 2. The van der Waals surface area contributed by atoms with E-state index in [0.29, 0.717) is 4.47 Å². The zero-order valence-corrected chi connectivity index (χ0v) is 7.94. The second-order valence-electron chi connectivity index (χ2n) is 1.80. The van der Waals surface area contributed by atoms with E-state index in [4.69, 9.17) is 11.6 Å². The van der Waals surface area contributed by atoms with E-state index in [1.807, 2.05) is 0 Å². The van der Waals surface area contributed by atoms with Gasteiger partial charge < -0.3 is 4.74 Å². The lowest BCUT2D eigenvalue weighted by atomic mass is 10.5. The van der Waals surface area contributed by atoms with Crippen LogP contribution in [0.2, 0.25) is 5.15 Å². The summed E-state index contributed by atoms with van der Waals surface area (Å²) in [6.07, 6.45) is 0. The van der Waals surface area contributed by atoms with Crippen molar-refractivity contribution < 1.29 is 13.5 Å². The highest BCUT2D eigenvalue weighted by Crippen LogP contribution is 2.23. The zero-order valence-electron chi connectivity index (χ0n) is 5.60. The number of pyridine rings is 1. The summed E-state index contributed by atoms with van der Waals surface area (Å²) in [5.74, 6) is -0.196. The van der Waals surface area contributed by atoms with Crippen LogP contribution in [0, 0.1) is 0 Å². The van der Waals surface area contributed by atoms with Crippen LogP contribution in [-0.2, 0) is 0 Å². The molecule has 1 aromatic rings. The molecule has 0 aliphatic rings. The van der Waals surface area contributed by atoms with Crippen molar-refractivity contribution >= 4 is 27.5 Å². The first-order valence-electron chi connectivity index (χ1n) is 2.86. The number of alkyl halides is 2. The molecule has 0 radical (unpaired) electrons. The Kier molecular flexibility index (Phi) is 3.22. The number of aromatic nitrogens is 1. The average Bonchev–Trinajstić information content (AvgIpc) is 1.96. The molecule has 0 saturated heterocycles. The molecule has 0 aromatic carbocycles. The van der Waals surface area contributed by atoms with Crippen LogP contribution in [0.4, 0.5) is 8.78 Å². The van der Waals surface area contributed by atoms with Gasteiger partial charge in [0.2, 0.25) is 5.88 Å². The first-order valence-corrected chi connectivity index (χ1v) is 4.03. The van der Waals surface area contributed by atoms with Crippen molar-refractivity contribution in [1.29, 1.82) is 0 Å². The molecule has 2 nitrogen and oxygen atoms in total. The fourth-order valence-electron chi connectivity index (χ4n) is 0.558. The predicted molar refractivity (Wildman–Crippen MR) is 43.6 cm³/mol. The maximum absolute atomic E-state index is 11.6. The van der Waals surface area contributed by atoms with Crippen LogP contribution in [0.5, 0.6) is 5.88 Å². The molecule has 1 aromatic heterocycles. The standard InChI is InChI=1S/C6H3BrClF2NO/c7-3-1-2-4(11-5(3)8)12-6(9)10/h1-2,6H. The number of ether oxygens (including phenoxy) is 1. The summed E-state index contributed by atoms with van der Waals surface area (Å²) in [5, 5.41) is 0.0909. The molecule has 66 valence electrons. The summed E-state index contributed by atoms with van der Waals surface area (Å²) in [7, 11) is 0. The van der Waals surface area contributed by atoms with E-state index in [2.05, 4.69) is 25.7 Å². The minimum absolute atomic E-state index is 0.0909.